The topological polar surface area (TPSA) is 232 Å². The number of nitrogens with zero attached hydrogens (tertiary/aromatic N) is 2. The van der Waals surface area contributed by atoms with Crippen molar-refractivity contribution in [1.82, 2.24) is 20.1 Å². The predicted molar refractivity (Wildman–Crippen MR) is 184 cm³/mol. The van der Waals surface area contributed by atoms with Gasteiger partial charge >= 0.3 is 20.4 Å². The van der Waals surface area contributed by atoms with E-state index >= 15 is 0 Å². The van der Waals surface area contributed by atoms with Crippen LogP contribution in [0.3, 0.4) is 0 Å². The van der Waals surface area contributed by atoms with Crippen LogP contribution in [-0.2, 0) is 54.1 Å². The number of phenols is 2. The normalized spacial score (nSPS) is 22.0. The molecule has 0 saturated carbocycles. The Kier molecular flexibility index (Phi) is 9.81. The summed E-state index contributed by atoms with van der Waals surface area (Å²) in [5, 5.41) is 26.4. The number of rotatable bonds is 6. The fraction of sp³-hybridized carbons (Fsp3) is 0.333. The average molecular weight is 741 g/mol. The van der Waals surface area contributed by atoms with E-state index in [1.165, 1.54) is 24.3 Å². The number of carbonyl (C=O) groups is 4. The van der Waals surface area contributed by atoms with Gasteiger partial charge in [0.05, 0.1) is 11.4 Å². The second-order valence-corrected chi connectivity index (χ2v) is 15.9. The van der Waals surface area contributed by atoms with Crippen molar-refractivity contribution in [1.29, 1.82) is 0 Å². The third kappa shape index (κ3) is 8.01. The summed E-state index contributed by atoms with van der Waals surface area (Å²) in [7, 11) is -7.92. The maximum atomic E-state index is 12.2. The third-order valence-electron chi connectivity index (χ3n) is 8.86. The molecule has 3 aromatic rings. The van der Waals surface area contributed by atoms with Crippen molar-refractivity contribution < 1.29 is 46.2 Å². The van der Waals surface area contributed by atoms with Gasteiger partial charge in [-0.25, -0.2) is 18.1 Å². The summed E-state index contributed by atoms with van der Waals surface area (Å²) in [6.45, 7) is -0.724. The average Bonchev–Trinajstić information content (AvgIpc) is 3.38. The van der Waals surface area contributed by atoms with Crippen LogP contribution in [0.25, 0.3) is 0 Å². The number of hydrogen-bond acceptors (Lipinski definition) is 10. The molecule has 0 spiro atoms. The molecule has 3 aromatic carbocycles. The smallest absolute Gasteiger partial charge is 0.326 e. The van der Waals surface area contributed by atoms with E-state index in [-0.39, 0.29) is 59.9 Å². The van der Waals surface area contributed by atoms with Gasteiger partial charge in [-0.05, 0) is 79.1 Å². The van der Waals surface area contributed by atoms with Crippen LogP contribution in [0.1, 0.15) is 52.7 Å². The van der Waals surface area contributed by atoms with E-state index in [1.807, 2.05) is 27.6 Å². The number of amides is 4. The highest BCUT2D eigenvalue weighted by Gasteiger charge is 2.36. The Morgan fingerprint density at radius 3 is 1.75 bits per heavy atom. The number of hydrogen-bond donors (Lipinski definition) is 6. The van der Waals surface area contributed by atoms with Crippen LogP contribution in [0.4, 0.5) is 11.4 Å². The minimum atomic E-state index is -3.98. The Balaban J connectivity index is 0.000000177. The fourth-order valence-corrected chi connectivity index (χ4v) is 8.86. The first-order valence-corrected chi connectivity index (χ1v) is 19.0. The summed E-state index contributed by atoms with van der Waals surface area (Å²) in [6, 6.07) is 16.5. The van der Waals surface area contributed by atoms with Gasteiger partial charge in [-0.2, -0.15) is 16.8 Å². The number of carbonyl (C=O) groups excluding carboxylic acids is 4. The van der Waals surface area contributed by atoms with Crippen molar-refractivity contribution >= 4 is 55.4 Å². The zero-order valence-corrected chi connectivity index (χ0v) is 28.8. The minimum absolute atomic E-state index is 0.00372. The van der Waals surface area contributed by atoms with Gasteiger partial charge in [-0.1, -0.05) is 36.8 Å². The molecule has 270 valence electrons. The van der Waals surface area contributed by atoms with Crippen LogP contribution >= 0.6 is 0 Å². The SMILES string of the molecule is O=C1CCCCC(Cc2ccc(N3CC(=O)NS3(=O)=O)c(O)c2)N1.O=C1CN(c2ccc(C[C@@H]3Cc4ccccc4C(=O)N3)cc2O)S(=O)(=O)N1. The van der Waals surface area contributed by atoms with Gasteiger partial charge in [0.1, 0.15) is 24.6 Å². The molecule has 51 heavy (non-hydrogen) atoms. The van der Waals surface area contributed by atoms with Gasteiger partial charge in [-0.15, -0.1) is 0 Å². The monoisotopic (exact) mass is 740 g/mol. The van der Waals surface area contributed by atoms with E-state index in [0.717, 1.165) is 44.6 Å². The molecular formula is C33H36N6O10S2. The molecule has 4 heterocycles. The maximum Gasteiger partial charge on any atom is 0.326 e. The summed E-state index contributed by atoms with van der Waals surface area (Å²) in [5.74, 6) is -1.84. The summed E-state index contributed by atoms with van der Waals surface area (Å²) in [5.41, 5.74) is 3.27. The van der Waals surface area contributed by atoms with Crippen molar-refractivity contribution in [2.24, 2.45) is 0 Å². The fourth-order valence-electron chi connectivity index (χ4n) is 6.53. The zero-order valence-electron chi connectivity index (χ0n) is 27.2. The molecule has 0 aromatic heterocycles. The molecule has 0 bridgehead atoms. The summed E-state index contributed by atoms with van der Waals surface area (Å²) in [4.78, 5) is 46.5. The molecule has 18 heteroatoms. The number of nitrogens with one attached hydrogen (secondary N) is 4. The highest BCUT2D eigenvalue weighted by Crippen LogP contribution is 2.33. The Hall–Kier alpha value is -5.36. The molecule has 7 rings (SSSR count). The molecule has 4 aliphatic heterocycles. The number of benzene rings is 3. The lowest BCUT2D eigenvalue weighted by atomic mass is 9.91. The first-order valence-electron chi connectivity index (χ1n) is 16.2. The lowest BCUT2D eigenvalue weighted by Crippen LogP contribution is -2.42. The molecular weight excluding hydrogens is 705 g/mol. The van der Waals surface area contributed by atoms with E-state index in [0.29, 0.717) is 31.2 Å². The number of anilines is 2. The molecule has 4 aliphatic rings. The largest absolute Gasteiger partial charge is 0.506 e. The lowest BCUT2D eigenvalue weighted by Gasteiger charge is -2.26. The number of fused-ring (bicyclic) bond motifs is 1. The molecule has 3 saturated heterocycles. The van der Waals surface area contributed by atoms with Crippen LogP contribution in [0.2, 0.25) is 0 Å². The van der Waals surface area contributed by atoms with E-state index in [1.54, 1.807) is 18.2 Å². The Morgan fingerprint density at radius 2 is 1.22 bits per heavy atom. The first-order chi connectivity index (χ1) is 24.2. The van der Waals surface area contributed by atoms with Crippen molar-refractivity contribution in [2.75, 3.05) is 21.7 Å². The molecule has 4 amide bonds. The Bertz CT molecular complexity index is 2130. The molecule has 2 atom stereocenters. The van der Waals surface area contributed by atoms with Crippen molar-refractivity contribution in [3.05, 3.63) is 82.9 Å². The van der Waals surface area contributed by atoms with Crippen LogP contribution < -0.4 is 28.7 Å². The third-order valence-corrected chi connectivity index (χ3v) is 11.6. The second kappa shape index (κ2) is 14.1. The van der Waals surface area contributed by atoms with Gasteiger partial charge in [0.15, 0.2) is 0 Å². The minimum Gasteiger partial charge on any atom is -0.506 e. The van der Waals surface area contributed by atoms with Gasteiger partial charge < -0.3 is 20.8 Å². The lowest BCUT2D eigenvalue weighted by molar-refractivity contribution is -0.121. The van der Waals surface area contributed by atoms with E-state index in [4.69, 9.17) is 0 Å². The van der Waals surface area contributed by atoms with E-state index in [2.05, 4.69) is 10.6 Å². The molecule has 0 radical (unpaired) electrons. The standard InChI is InChI=1S/C18H17N3O5S.C15H19N3O5S/c22-16-8-11(5-6-15(16)21-10-17(23)20-27(21,25)26)7-13-9-12-3-1-2-4-14(12)18(24)19-13;19-13-8-10(7-11-3-1-2-4-14(20)16-11)5-6-12(13)18-9-15(21)17-24(18,22)23/h1-6,8,13,22H,7,9-10H2,(H,19,24)(H,20,23);5-6,8,11,19H,1-4,7,9H2,(H,16,20)(H,17,21)/t13-;/m1./s1. The van der Waals surface area contributed by atoms with Crippen LogP contribution in [0.15, 0.2) is 60.7 Å². The molecule has 16 nitrogen and oxygen atoms in total. The molecule has 3 fully saturated rings. The zero-order chi connectivity index (χ0) is 36.5. The van der Waals surface area contributed by atoms with Crippen LogP contribution in [0.5, 0.6) is 11.5 Å². The Labute approximate surface area is 294 Å². The summed E-state index contributed by atoms with van der Waals surface area (Å²) >= 11 is 0. The van der Waals surface area contributed by atoms with Crippen LogP contribution in [-0.4, -0.2) is 75.9 Å². The van der Waals surface area contributed by atoms with Crippen LogP contribution in [0, 0.1) is 0 Å². The van der Waals surface area contributed by atoms with Crippen molar-refractivity contribution in [2.45, 2.75) is 57.0 Å². The maximum absolute atomic E-state index is 12.2. The summed E-state index contributed by atoms with van der Waals surface area (Å²) in [6.07, 6.45) is 4.96. The summed E-state index contributed by atoms with van der Waals surface area (Å²) < 4.78 is 52.9. The Morgan fingerprint density at radius 1 is 0.667 bits per heavy atom. The van der Waals surface area contributed by atoms with E-state index in [9.17, 15) is 46.2 Å². The highest BCUT2D eigenvalue weighted by atomic mass is 32.2. The van der Waals surface area contributed by atoms with E-state index < -0.39 is 32.2 Å². The first kappa shape index (κ1) is 35.5. The van der Waals surface area contributed by atoms with Gasteiger partial charge in [-0.3, -0.25) is 19.2 Å². The van der Waals surface area contributed by atoms with Crippen molar-refractivity contribution in [3.63, 3.8) is 0 Å². The molecule has 1 unspecified atom stereocenters. The molecule has 6 N–H and O–H groups in total. The van der Waals surface area contributed by atoms with Gasteiger partial charge in [0.2, 0.25) is 5.91 Å². The second-order valence-electron chi connectivity index (χ2n) is 12.7. The quantitative estimate of drug-likeness (QED) is 0.207. The van der Waals surface area contributed by atoms with Gasteiger partial charge in [0.25, 0.3) is 17.7 Å². The number of phenolic OH excluding ortho intramolecular Hbond substituents is 2. The molecule has 0 aliphatic carbocycles. The number of aromatic hydroxyl groups is 2. The predicted octanol–water partition coefficient (Wildman–Crippen LogP) is 0.645. The van der Waals surface area contributed by atoms with Crippen molar-refractivity contribution in [3.8, 4) is 11.5 Å². The van der Waals surface area contributed by atoms with Gasteiger partial charge in [0, 0.05) is 24.1 Å². The highest BCUT2D eigenvalue weighted by molar-refractivity contribution is 7.92.